The molecule has 0 saturated carbocycles. The first-order chi connectivity index (χ1) is 28.5. The lowest BCUT2D eigenvalue weighted by Gasteiger charge is -2.31. The number of carbonyl (C=O) groups is 2. The molecule has 4 atom stereocenters. The number of aromatic amines is 2. The predicted octanol–water partition coefficient (Wildman–Crippen LogP) is 9.50. The van der Waals surface area contributed by atoms with Crippen LogP contribution in [-0.4, -0.2) is 92.6 Å². The van der Waals surface area contributed by atoms with Crippen LogP contribution in [0.1, 0.15) is 72.6 Å². The van der Waals surface area contributed by atoms with Gasteiger partial charge in [0.15, 0.2) is 0 Å². The molecule has 2 aliphatic heterocycles. The predicted molar refractivity (Wildman–Crippen MR) is 231 cm³/mol. The zero-order chi connectivity index (χ0) is 41.2. The molecule has 2 aromatic heterocycles. The summed E-state index contributed by atoms with van der Waals surface area (Å²) in [5, 5.41) is 1.28. The van der Waals surface area contributed by atoms with Gasteiger partial charge in [0.05, 0.1) is 29.7 Å². The molecule has 2 fully saturated rings. The van der Waals surface area contributed by atoms with E-state index in [-0.39, 0.29) is 23.9 Å². The summed E-state index contributed by atoms with van der Waals surface area (Å²) in [7, 11) is 7.69. The quantitative estimate of drug-likeness (QED) is 0.126. The van der Waals surface area contributed by atoms with Crippen LogP contribution in [0, 0.1) is 0 Å². The van der Waals surface area contributed by atoms with Crippen LogP contribution in [0.3, 0.4) is 0 Å². The second kappa shape index (κ2) is 17.4. The van der Waals surface area contributed by atoms with Gasteiger partial charge < -0.3 is 24.5 Å². The molecule has 0 spiro atoms. The van der Waals surface area contributed by atoms with Gasteiger partial charge in [0.2, 0.25) is 11.8 Å². The highest BCUT2D eigenvalue weighted by Gasteiger charge is 2.38. The summed E-state index contributed by atoms with van der Waals surface area (Å²) in [4.78, 5) is 52.4. The Kier molecular flexibility index (Phi) is 11.9. The second-order valence-corrected chi connectivity index (χ2v) is 16.6. The van der Waals surface area contributed by atoms with Crippen LogP contribution >= 0.6 is 23.2 Å². The van der Waals surface area contributed by atoms with Gasteiger partial charge in [-0.1, -0.05) is 59.6 Å². The highest BCUT2D eigenvalue weighted by molar-refractivity contribution is 6.30. The van der Waals surface area contributed by atoms with Gasteiger partial charge in [-0.15, -0.1) is 0 Å². The number of halogens is 2. The zero-order valence-electron chi connectivity index (χ0n) is 33.6. The zero-order valence-corrected chi connectivity index (χ0v) is 35.1. The third-order valence-corrected chi connectivity index (χ3v) is 11.8. The number of rotatable bonds is 12. The molecule has 8 rings (SSSR count). The maximum absolute atomic E-state index is 14.0. The van der Waals surface area contributed by atoms with Crippen molar-refractivity contribution in [3.8, 4) is 34.0 Å². The van der Waals surface area contributed by atoms with Crippen molar-refractivity contribution in [3.63, 3.8) is 0 Å². The van der Waals surface area contributed by atoms with E-state index in [9.17, 15) is 9.59 Å². The smallest absolute Gasteiger partial charge is 0.245 e. The number of ether oxygens (including phenoxy) is 1. The Hall–Kier alpha value is -5.46. The number of nitrogens with one attached hydrogen (secondary N) is 2. The highest BCUT2D eigenvalue weighted by Crippen LogP contribution is 2.38. The number of likely N-dealkylation sites (N-methyl/N-ethyl adjacent to an activating group) is 2. The minimum Gasteiger partial charge on any atom is -0.457 e. The third-order valence-electron chi connectivity index (χ3n) is 11.3. The van der Waals surface area contributed by atoms with Crippen LogP contribution in [0.2, 0.25) is 10.0 Å². The van der Waals surface area contributed by atoms with Crippen molar-refractivity contribution in [2.24, 2.45) is 0 Å². The number of benzene rings is 4. The van der Waals surface area contributed by atoms with E-state index in [1.807, 2.05) is 157 Å². The fourth-order valence-electron chi connectivity index (χ4n) is 8.42. The summed E-state index contributed by atoms with van der Waals surface area (Å²) in [5.74, 6) is 3.01. The molecule has 6 aromatic rings. The van der Waals surface area contributed by atoms with E-state index in [1.165, 1.54) is 0 Å². The number of imidazole rings is 2. The van der Waals surface area contributed by atoms with Crippen molar-refractivity contribution >= 4 is 35.0 Å². The van der Waals surface area contributed by atoms with Crippen LogP contribution in [-0.2, 0) is 9.59 Å². The second-order valence-electron chi connectivity index (χ2n) is 15.7. The topological polar surface area (TPSA) is 114 Å². The summed E-state index contributed by atoms with van der Waals surface area (Å²) in [6, 6.07) is 29.6. The van der Waals surface area contributed by atoms with Crippen molar-refractivity contribution in [2.75, 3.05) is 41.3 Å². The van der Waals surface area contributed by atoms with Crippen molar-refractivity contribution in [3.05, 3.63) is 142 Å². The molecule has 4 heterocycles. The average molecular weight is 832 g/mol. The molecule has 0 bridgehead atoms. The number of carbonyl (C=O) groups excluding carboxylic acids is 2. The molecule has 13 heteroatoms. The van der Waals surface area contributed by atoms with E-state index in [4.69, 9.17) is 37.9 Å². The standard InChI is InChI=1S/C46H48Cl2N8O3/c1-53(2)41(30-12-18-33(47)19-13-30)45(57)55-24-6-10-39(55)43-49-27-37(51-43)29-16-22-35(23-17-29)59-36-9-5-8-32(26-36)38-28-50-44(52-38)40-11-7-25-56(40)46(58)42(54(3)4)31-14-20-34(48)21-15-31/h5,8-9,12-23,26-28,39-42H,6-7,10-11,24-25H2,1-4H3,(H,49,51)(H,50,52)/t39-,40-,41?,42?/m0/s1. The fraction of sp³-hybridized carbons (Fsp3) is 0.304. The van der Waals surface area contributed by atoms with E-state index in [1.54, 1.807) is 0 Å². The molecule has 0 radical (unpaired) electrons. The molecule has 59 heavy (non-hydrogen) atoms. The number of nitrogens with zero attached hydrogens (tertiary/aromatic N) is 6. The summed E-state index contributed by atoms with van der Waals surface area (Å²) < 4.78 is 6.31. The fourth-order valence-corrected chi connectivity index (χ4v) is 8.67. The van der Waals surface area contributed by atoms with Gasteiger partial charge in [-0.2, -0.15) is 0 Å². The third kappa shape index (κ3) is 8.65. The Morgan fingerprint density at radius 2 is 1.27 bits per heavy atom. The molecular formula is C46H48Cl2N8O3. The van der Waals surface area contributed by atoms with Crippen LogP contribution in [0.25, 0.3) is 22.5 Å². The van der Waals surface area contributed by atoms with Crippen LogP contribution in [0.15, 0.2) is 109 Å². The van der Waals surface area contributed by atoms with Gasteiger partial charge >= 0.3 is 0 Å². The van der Waals surface area contributed by atoms with Crippen LogP contribution in [0.5, 0.6) is 11.5 Å². The highest BCUT2D eigenvalue weighted by atomic mass is 35.5. The molecule has 304 valence electrons. The molecule has 2 saturated heterocycles. The van der Waals surface area contributed by atoms with Gasteiger partial charge in [-0.05, 0) is 131 Å². The lowest BCUT2D eigenvalue weighted by molar-refractivity contribution is -0.138. The van der Waals surface area contributed by atoms with Crippen molar-refractivity contribution in [1.29, 1.82) is 0 Å². The normalized spacial score (nSPS) is 17.8. The van der Waals surface area contributed by atoms with Gasteiger partial charge in [-0.25, -0.2) is 9.97 Å². The lowest BCUT2D eigenvalue weighted by atomic mass is 10.0. The number of hydrogen-bond acceptors (Lipinski definition) is 7. The summed E-state index contributed by atoms with van der Waals surface area (Å²) in [5.41, 5.74) is 5.32. The Labute approximate surface area is 354 Å². The molecule has 2 amide bonds. The molecule has 2 unspecified atom stereocenters. The van der Waals surface area contributed by atoms with Gasteiger partial charge in [0.25, 0.3) is 0 Å². The largest absolute Gasteiger partial charge is 0.457 e. The average Bonchev–Trinajstić information content (AvgIpc) is 4.07. The van der Waals surface area contributed by atoms with E-state index >= 15 is 0 Å². The van der Waals surface area contributed by atoms with Crippen LogP contribution in [0.4, 0.5) is 0 Å². The molecule has 11 nitrogen and oxygen atoms in total. The minimum absolute atomic E-state index is 0.0450. The monoisotopic (exact) mass is 830 g/mol. The molecule has 0 aliphatic carbocycles. The van der Waals surface area contributed by atoms with E-state index in [2.05, 4.69) is 9.97 Å². The van der Waals surface area contributed by atoms with E-state index < -0.39 is 12.1 Å². The van der Waals surface area contributed by atoms with Gasteiger partial charge in [0.1, 0.15) is 35.2 Å². The first-order valence-corrected chi connectivity index (χ1v) is 20.7. The van der Waals surface area contributed by atoms with E-state index in [0.29, 0.717) is 34.6 Å². The van der Waals surface area contributed by atoms with Gasteiger partial charge in [0, 0.05) is 34.9 Å². The Balaban J connectivity index is 0.923. The summed E-state index contributed by atoms with van der Waals surface area (Å²) in [6.45, 7) is 1.35. The van der Waals surface area contributed by atoms with Crippen molar-refractivity contribution in [1.82, 2.24) is 39.5 Å². The van der Waals surface area contributed by atoms with Crippen molar-refractivity contribution < 1.29 is 14.3 Å². The van der Waals surface area contributed by atoms with Gasteiger partial charge in [-0.3, -0.25) is 19.4 Å². The summed E-state index contributed by atoms with van der Waals surface area (Å²) >= 11 is 12.3. The first-order valence-electron chi connectivity index (χ1n) is 20.0. The maximum Gasteiger partial charge on any atom is 0.245 e. The Morgan fingerprint density at radius 3 is 1.83 bits per heavy atom. The molecule has 2 aliphatic rings. The van der Waals surface area contributed by atoms with Crippen molar-refractivity contribution in [2.45, 2.75) is 49.9 Å². The number of hydrogen-bond donors (Lipinski definition) is 2. The maximum atomic E-state index is 14.0. The Morgan fingerprint density at radius 1 is 0.712 bits per heavy atom. The minimum atomic E-state index is -0.426. The lowest BCUT2D eigenvalue weighted by Crippen LogP contribution is -2.40. The molecule has 4 aromatic carbocycles. The number of aromatic nitrogens is 4. The van der Waals surface area contributed by atoms with E-state index in [0.717, 1.165) is 71.0 Å². The Bertz CT molecular complexity index is 2390. The summed E-state index contributed by atoms with van der Waals surface area (Å²) in [6.07, 6.45) is 7.21. The molecule has 2 N–H and O–H groups in total. The van der Waals surface area contributed by atoms with Crippen LogP contribution < -0.4 is 4.74 Å². The number of H-pyrrole nitrogens is 2. The first kappa shape index (κ1) is 40.3. The number of likely N-dealkylation sites (tertiary alicyclic amines) is 2. The number of amides is 2. The molecular weight excluding hydrogens is 783 g/mol. The SMILES string of the molecule is CN(C)C(C(=O)N1CCC[C@H]1c1nc(-c2cccc(Oc3ccc(-c4cnc([C@@H]5CCCN5C(=O)C(c5ccc(Cl)cc5)N(C)C)[nH]4)cc3)c2)c[nH]1)c1ccc(Cl)cc1.